The minimum absolute atomic E-state index is 0.298. The third kappa shape index (κ3) is 4.23. The fourth-order valence-corrected chi connectivity index (χ4v) is 4.40. The van der Waals surface area contributed by atoms with E-state index in [1.165, 1.54) is 0 Å². The van der Waals surface area contributed by atoms with Crippen molar-refractivity contribution in [2.75, 3.05) is 25.4 Å². The molecular formula is C12H26N2O2S. The summed E-state index contributed by atoms with van der Waals surface area (Å²) in [4.78, 5) is 0. The molecule has 1 aliphatic rings. The first kappa shape index (κ1) is 14.9. The molecule has 1 fully saturated rings. The van der Waals surface area contributed by atoms with Crippen molar-refractivity contribution < 1.29 is 8.42 Å². The van der Waals surface area contributed by atoms with Crippen LogP contribution >= 0.6 is 0 Å². The molecule has 0 unspecified atom stereocenters. The Morgan fingerprint density at radius 1 is 1.24 bits per heavy atom. The lowest BCUT2D eigenvalue weighted by Gasteiger charge is -2.31. The zero-order valence-electron chi connectivity index (χ0n) is 11.1. The van der Waals surface area contributed by atoms with Gasteiger partial charge in [0.05, 0.1) is 5.75 Å². The Morgan fingerprint density at radius 2 is 1.76 bits per heavy atom. The van der Waals surface area contributed by atoms with Gasteiger partial charge in [0.25, 0.3) is 0 Å². The number of sulfonamides is 1. The molecule has 0 radical (unpaired) electrons. The quantitative estimate of drug-likeness (QED) is 0.787. The van der Waals surface area contributed by atoms with Gasteiger partial charge >= 0.3 is 0 Å². The number of hydrogen-bond donors (Lipinski definition) is 1. The Kier molecular flexibility index (Phi) is 5.89. The van der Waals surface area contributed by atoms with Crippen LogP contribution in [0.15, 0.2) is 0 Å². The topological polar surface area (TPSA) is 63.4 Å². The van der Waals surface area contributed by atoms with E-state index in [0.29, 0.717) is 37.2 Å². The van der Waals surface area contributed by atoms with Crippen LogP contribution < -0.4 is 5.73 Å². The van der Waals surface area contributed by atoms with Crippen molar-refractivity contribution in [2.24, 2.45) is 17.6 Å². The molecule has 1 aliphatic heterocycles. The smallest absolute Gasteiger partial charge is 0.214 e. The van der Waals surface area contributed by atoms with Crippen molar-refractivity contribution in [1.82, 2.24) is 4.31 Å². The van der Waals surface area contributed by atoms with Crippen LogP contribution in [0, 0.1) is 11.8 Å². The van der Waals surface area contributed by atoms with Gasteiger partial charge in [0, 0.05) is 13.1 Å². The van der Waals surface area contributed by atoms with Crippen molar-refractivity contribution in [3.8, 4) is 0 Å². The lowest BCUT2D eigenvalue weighted by atomic mass is 9.99. The monoisotopic (exact) mass is 262 g/mol. The zero-order chi connectivity index (χ0) is 12.9. The molecule has 0 aromatic heterocycles. The maximum absolute atomic E-state index is 12.2. The Labute approximate surface area is 106 Å². The number of piperidine rings is 1. The van der Waals surface area contributed by atoms with Crippen LogP contribution in [0.5, 0.6) is 0 Å². The summed E-state index contributed by atoms with van der Waals surface area (Å²) >= 11 is 0. The first-order valence-corrected chi connectivity index (χ1v) is 8.32. The molecule has 17 heavy (non-hydrogen) atoms. The number of rotatable bonds is 6. The zero-order valence-corrected chi connectivity index (χ0v) is 11.9. The van der Waals surface area contributed by atoms with Crippen LogP contribution in [-0.4, -0.2) is 38.1 Å². The predicted octanol–water partition coefficient (Wildman–Crippen LogP) is 1.42. The summed E-state index contributed by atoms with van der Waals surface area (Å²) in [5, 5.41) is 0. The van der Waals surface area contributed by atoms with Crippen molar-refractivity contribution in [2.45, 2.75) is 39.5 Å². The standard InChI is InChI=1S/C12H26N2O2S/c1-3-11(4-2)10-17(15,16)14-7-5-12(9-13)6-8-14/h11-12H,3-10,13H2,1-2H3. The molecule has 1 heterocycles. The Morgan fingerprint density at radius 3 is 2.18 bits per heavy atom. The minimum atomic E-state index is -3.05. The van der Waals surface area contributed by atoms with Gasteiger partial charge in [-0.25, -0.2) is 12.7 Å². The van der Waals surface area contributed by atoms with E-state index in [1.807, 2.05) is 0 Å². The third-order valence-corrected chi connectivity index (χ3v) is 5.95. The van der Waals surface area contributed by atoms with Crippen LogP contribution in [0.1, 0.15) is 39.5 Å². The van der Waals surface area contributed by atoms with Gasteiger partial charge in [-0.2, -0.15) is 0 Å². The molecule has 4 nitrogen and oxygen atoms in total. The van der Waals surface area contributed by atoms with Gasteiger partial charge in [-0.15, -0.1) is 0 Å². The van der Waals surface area contributed by atoms with Crippen molar-refractivity contribution in [3.63, 3.8) is 0 Å². The average Bonchev–Trinajstić information content (AvgIpc) is 2.36. The van der Waals surface area contributed by atoms with Crippen molar-refractivity contribution in [3.05, 3.63) is 0 Å². The molecule has 1 saturated heterocycles. The average molecular weight is 262 g/mol. The molecule has 0 saturated carbocycles. The molecule has 2 N–H and O–H groups in total. The molecule has 0 aromatic rings. The van der Waals surface area contributed by atoms with Crippen LogP contribution in [0.25, 0.3) is 0 Å². The van der Waals surface area contributed by atoms with Crippen molar-refractivity contribution in [1.29, 1.82) is 0 Å². The highest BCUT2D eigenvalue weighted by Crippen LogP contribution is 2.21. The largest absolute Gasteiger partial charge is 0.330 e. The summed E-state index contributed by atoms with van der Waals surface area (Å²) in [6.45, 7) is 6.11. The lowest BCUT2D eigenvalue weighted by Crippen LogP contribution is -2.42. The molecule has 0 bridgehead atoms. The fraction of sp³-hybridized carbons (Fsp3) is 1.00. The summed E-state index contributed by atoms with van der Waals surface area (Å²) in [5.74, 6) is 1.12. The Balaban J connectivity index is 2.54. The molecule has 102 valence electrons. The maximum Gasteiger partial charge on any atom is 0.214 e. The first-order valence-electron chi connectivity index (χ1n) is 6.71. The summed E-state index contributed by atoms with van der Waals surface area (Å²) < 4.78 is 26.1. The van der Waals surface area contributed by atoms with E-state index in [-0.39, 0.29) is 0 Å². The van der Waals surface area contributed by atoms with Crippen LogP contribution in [0.4, 0.5) is 0 Å². The third-order valence-electron chi connectivity index (χ3n) is 3.90. The number of nitrogens with zero attached hydrogens (tertiary/aromatic N) is 1. The Hall–Kier alpha value is -0.130. The SMILES string of the molecule is CCC(CC)CS(=O)(=O)N1CCC(CN)CC1. The van der Waals surface area contributed by atoms with E-state index < -0.39 is 10.0 Å². The second-order valence-corrected chi connectivity index (χ2v) is 7.05. The van der Waals surface area contributed by atoms with Crippen molar-refractivity contribution >= 4 is 10.0 Å². The molecule has 0 atom stereocenters. The highest BCUT2D eigenvalue weighted by Gasteiger charge is 2.28. The highest BCUT2D eigenvalue weighted by molar-refractivity contribution is 7.89. The van der Waals surface area contributed by atoms with Gasteiger partial charge in [0.1, 0.15) is 0 Å². The second kappa shape index (κ2) is 6.71. The minimum Gasteiger partial charge on any atom is -0.330 e. The molecule has 0 aliphatic carbocycles. The fourth-order valence-electron chi connectivity index (χ4n) is 2.35. The van der Waals surface area contributed by atoms with Crippen LogP contribution in [0.2, 0.25) is 0 Å². The van der Waals surface area contributed by atoms with Gasteiger partial charge in [0.15, 0.2) is 0 Å². The van der Waals surface area contributed by atoms with Gasteiger partial charge < -0.3 is 5.73 Å². The summed E-state index contributed by atoms with van der Waals surface area (Å²) in [7, 11) is -3.05. The summed E-state index contributed by atoms with van der Waals surface area (Å²) in [6.07, 6.45) is 3.71. The van der Waals surface area contributed by atoms with E-state index in [0.717, 1.165) is 25.7 Å². The Bertz CT molecular complexity index is 304. The van der Waals surface area contributed by atoms with E-state index in [4.69, 9.17) is 5.73 Å². The van der Waals surface area contributed by atoms with Crippen LogP contribution in [0.3, 0.4) is 0 Å². The lowest BCUT2D eigenvalue weighted by molar-refractivity contribution is 0.276. The normalized spacial score (nSPS) is 20.0. The number of nitrogens with two attached hydrogens (primary N) is 1. The maximum atomic E-state index is 12.2. The predicted molar refractivity (Wildman–Crippen MR) is 71.2 cm³/mol. The van der Waals surface area contributed by atoms with E-state index in [1.54, 1.807) is 4.31 Å². The first-order chi connectivity index (χ1) is 8.03. The summed E-state index contributed by atoms with van der Waals surface area (Å²) in [5.41, 5.74) is 5.61. The van der Waals surface area contributed by atoms with E-state index >= 15 is 0 Å². The number of hydrogen-bond acceptors (Lipinski definition) is 3. The van der Waals surface area contributed by atoms with E-state index in [2.05, 4.69) is 13.8 Å². The van der Waals surface area contributed by atoms with Gasteiger partial charge in [-0.05, 0) is 31.2 Å². The van der Waals surface area contributed by atoms with E-state index in [9.17, 15) is 8.42 Å². The highest BCUT2D eigenvalue weighted by atomic mass is 32.2. The summed E-state index contributed by atoms with van der Waals surface area (Å²) in [6, 6.07) is 0. The van der Waals surface area contributed by atoms with Gasteiger partial charge in [-0.3, -0.25) is 0 Å². The molecule has 0 aromatic carbocycles. The molecular weight excluding hydrogens is 236 g/mol. The van der Waals surface area contributed by atoms with Gasteiger partial charge in [0.2, 0.25) is 10.0 Å². The molecule has 0 spiro atoms. The molecule has 1 rings (SSSR count). The second-order valence-electron chi connectivity index (χ2n) is 5.04. The molecule has 0 amide bonds. The molecule has 5 heteroatoms. The van der Waals surface area contributed by atoms with Crippen LogP contribution in [-0.2, 0) is 10.0 Å². The van der Waals surface area contributed by atoms with Gasteiger partial charge in [-0.1, -0.05) is 26.7 Å².